The van der Waals surface area contributed by atoms with E-state index in [0.29, 0.717) is 0 Å². The maximum Gasteiger partial charge on any atom is 0.191 e. The number of nitrogens with one attached hydrogen (secondary N) is 2. The Morgan fingerprint density at radius 3 is 2.95 bits per heavy atom. The van der Waals surface area contributed by atoms with E-state index in [9.17, 15) is 0 Å². The van der Waals surface area contributed by atoms with E-state index in [1.807, 2.05) is 16.9 Å². The molecule has 0 aromatic carbocycles. The topological polar surface area (TPSA) is 63.5 Å². The summed E-state index contributed by atoms with van der Waals surface area (Å²) in [6.45, 7) is 4.25. The fourth-order valence-corrected chi connectivity index (χ4v) is 1.88. The van der Waals surface area contributed by atoms with E-state index >= 15 is 0 Å². The van der Waals surface area contributed by atoms with Crippen molar-refractivity contribution < 1.29 is 4.74 Å². The molecule has 1 aliphatic carbocycles. The predicted molar refractivity (Wildman–Crippen MR) is 79.8 cm³/mol. The van der Waals surface area contributed by atoms with Crippen molar-refractivity contribution in [3.05, 3.63) is 18.5 Å². The van der Waals surface area contributed by atoms with Crippen molar-refractivity contribution in [2.75, 3.05) is 33.4 Å². The molecule has 6 nitrogen and oxygen atoms in total. The van der Waals surface area contributed by atoms with Gasteiger partial charge in [-0.05, 0) is 31.2 Å². The second-order valence-electron chi connectivity index (χ2n) is 5.07. The number of aromatic nitrogens is 2. The van der Waals surface area contributed by atoms with Gasteiger partial charge in [0, 0.05) is 45.7 Å². The minimum atomic E-state index is 0.741. The molecule has 2 N–H and O–H groups in total. The van der Waals surface area contributed by atoms with Crippen LogP contribution in [0.25, 0.3) is 0 Å². The van der Waals surface area contributed by atoms with Gasteiger partial charge in [-0.25, -0.2) is 0 Å². The van der Waals surface area contributed by atoms with E-state index < -0.39 is 0 Å². The van der Waals surface area contributed by atoms with Crippen LogP contribution in [0, 0.1) is 5.92 Å². The minimum absolute atomic E-state index is 0.741. The average molecular weight is 279 g/mol. The molecule has 1 aromatic rings. The molecule has 0 unspecified atom stereocenters. The molecule has 0 aliphatic heterocycles. The molecule has 0 bridgehead atoms. The van der Waals surface area contributed by atoms with E-state index in [-0.39, 0.29) is 0 Å². The first-order chi connectivity index (χ1) is 9.88. The maximum absolute atomic E-state index is 5.57. The first-order valence-electron chi connectivity index (χ1n) is 7.38. The maximum atomic E-state index is 5.57. The second-order valence-corrected chi connectivity index (χ2v) is 5.07. The Labute approximate surface area is 120 Å². The number of guanidine groups is 1. The van der Waals surface area contributed by atoms with Gasteiger partial charge in [0.15, 0.2) is 5.96 Å². The molecule has 1 heterocycles. The van der Waals surface area contributed by atoms with Crippen LogP contribution in [0.3, 0.4) is 0 Å². The Hall–Kier alpha value is -1.56. The van der Waals surface area contributed by atoms with Gasteiger partial charge in [0.25, 0.3) is 0 Å². The van der Waals surface area contributed by atoms with Gasteiger partial charge in [-0.2, -0.15) is 5.10 Å². The summed E-state index contributed by atoms with van der Waals surface area (Å²) in [6, 6.07) is 1.94. The molecule has 1 aliphatic rings. The molecular formula is C14H25N5O. The van der Waals surface area contributed by atoms with Gasteiger partial charge in [0.2, 0.25) is 0 Å². The van der Waals surface area contributed by atoms with Crippen LogP contribution in [0.1, 0.15) is 19.3 Å². The van der Waals surface area contributed by atoms with Crippen molar-refractivity contribution in [1.29, 1.82) is 0 Å². The van der Waals surface area contributed by atoms with Crippen molar-refractivity contribution in [1.82, 2.24) is 20.4 Å². The normalized spacial score (nSPS) is 15.3. The van der Waals surface area contributed by atoms with Gasteiger partial charge in [-0.15, -0.1) is 0 Å². The highest BCUT2D eigenvalue weighted by molar-refractivity contribution is 5.79. The van der Waals surface area contributed by atoms with Gasteiger partial charge in [0.05, 0.1) is 6.61 Å². The average Bonchev–Trinajstić information content (AvgIpc) is 3.14. The summed E-state index contributed by atoms with van der Waals surface area (Å²) >= 11 is 0. The van der Waals surface area contributed by atoms with Crippen LogP contribution >= 0.6 is 0 Å². The number of hydrogen-bond acceptors (Lipinski definition) is 3. The third-order valence-electron chi connectivity index (χ3n) is 3.23. The first-order valence-corrected chi connectivity index (χ1v) is 7.38. The first kappa shape index (κ1) is 14.8. The summed E-state index contributed by atoms with van der Waals surface area (Å²) in [5, 5.41) is 10.7. The molecule has 6 heteroatoms. The zero-order valence-corrected chi connectivity index (χ0v) is 12.2. The van der Waals surface area contributed by atoms with E-state index in [2.05, 4.69) is 20.7 Å². The lowest BCUT2D eigenvalue weighted by Crippen LogP contribution is -2.39. The van der Waals surface area contributed by atoms with Crippen LogP contribution in [0.5, 0.6) is 0 Å². The monoisotopic (exact) mass is 279 g/mol. The Balaban J connectivity index is 1.46. The summed E-state index contributed by atoms with van der Waals surface area (Å²) in [7, 11) is 1.79. The van der Waals surface area contributed by atoms with E-state index in [0.717, 1.165) is 51.1 Å². The summed E-state index contributed by atoms with van der Waals surface area (Å²) < 4.78 is 7.50. The minimum Gasteiger partial charge on any atom is -0.379 e. The van der Waals surface area contributed by atoms with Crippen LogP contribution in [0.4, 0.5) is 0 Å². The van der Waals surface area contributed by atoms with Crippen LogP contribution in [-0.4, -0.2) is 49.1 Å². The second kappa shape index (κ2) is 8.58. The van der Waals surface area contributed by atoms with Crippen LogP contribution in [0.15, 0.2) is 23.5 Å². The molecule has 0 saturated heterocycles. The predicted octanol–water partition coefficient (Wildman–Crippen LogP) is 0.865. The van der Waals surface area contributed by atoms with E-state index in [4.69, 9.17) is 4.74 Å². The molecule has 0 atom stereocenters. The Morgan fingerprint density at radius 1 is 1.40 bits per heavy atom. The van der Waals surface area contributed by atoms with Gasteiger partial charge >= 0.3 is 0 Å². The lowest BCUT2D eigenvalue weighted by Gasteiger charge is -2.12. The van der Waals surface area contributed by atoms with Gasteiger partial charge in [0.1, 0.15) is 0 Å². The molecule has 0 amide bonds. The van der Waals surface area contributed by atoms with Crippen molar-refractivity contribution in [3.63, 3.8) is 0 Å². The zero-order valence-electron chi connectivity index (χ0n) is 12.2. The Morgan fingerprint density at radius 2 is 2.25 bits per heavy atom. The molecule has 1 aromatic heterocycles. The fourth-order valence-electron chi connectivity index (χ4n) is 1.88. The number of hydrogen-bond donors (Lipinski definition) is 2. The van der Waals surface area contributed by atoms with Gasteiger partial charge < -0.3 is 15.4 Å². The van der Waals surface area contributed by atoms with Crippen molar-refractivity contribution >= 4 is 5.96 Å². The third kappa shape index (κ3) is 6.06. The van der Waals surface area contributed by atoms with Crippen LogP contribution in [-0.2, 0) is 11.3 Å². The van der Waals surface area contributed by atoms with E-state index in [1.165, 1.54) is 12.8 Å². The lowest BCUT2D eigenvalue weighted by atomic mass is 10.4. The SMILES string of the molecule is CN=C(NCCCn1cccn1)NCCOCC1CC1. The van der Waals surface area contributed by atoms with Crippen molar-refractivity contribution in [2.45, 2.75) is 25.8 Å². The molecule has 112 valence electrons. The molecule has 1 saturated carbocycles. The number of rotatable bonds is 9. The highest BCUT2D eigenvalue weighted by Gasteiger charge is 2.20. The fraction of sp³-hybridized carbons (Fsp3) is 0.714. The Bertz CT molecular complexity index is 386. The summed E-state index contributed by atoms with van der Waals surface area (Å²) in [4.78, 5) is 4.18. The Kier molecular flexibility index (Phi) is 6.37. The largest absolute Gasteiger partial charge is 0.379 e. The number of nitrogens with zero attached hydrogens (tertiary/aromatic N) is 3. The summed E-state index contributed by atoms with van der Waals surface area (Å²) in [5.74, 6) is 1.66. The molecule has 20 heavy (non-hydrogen) atoms. The molecule has 1 fully saturated rings. The smallest absolute Gasteiger partial charge is 0.191 e. The van der Waals surface area contributed by atoms with Crippen LogP contribution in [0.2, 0.25) is 0 Å². The third-order valence-corrected chi connectivity index (χ3v) is 3.23. The molecule has 2 rings (SSSR count). The summed E-state index contributed by atoms with van der Waals surface area (Å²) in [6.07, 6.45) is 7.47. The molecule has 0 spiro atoms. The van der Waals surface area contributed by atoms with Crippen molar-refractivity contribution in [3.8, 4) is 0 Å². The highest BCUT2D eigenvalue weighted by Crippen LogP contribution is 2.28. The van der Waals surface area contributed by atoms with E-state index in [1.54, 1.807) is 13.2 Å². The van der Waals surface area contributed by atoms with Gasteiger partial charge in [-0.1, -0.05) is 0 Å². The standard InChI is InChI=1S/C14H25N5O/c1-15-14(17-8-11-20-12-13-4-5-13)16-6-2-9-19-10-3-7-18-19/h3,7,10,13H,2,4-6,8-9,11-12H2,1H3,(H2,15,16,17). The number of aryl methyl sites for hydroxylation is 1. The molecular weight excluding hydrogens is 254 g/mol. The quantitative estimate of drug-likeness (QED) is 0.400. The van der Waals surface area contributed by atoms with Gasteiger partial charge in [-0.3, -0.25) is 9.67 Å². The van der Waals surface area contributed by atoms with Crippen LogP contribution < -0.4 is 10.6 Å². The molecule has 0 radical (unpaired) electrons. The number of aliphatic imine (C=N–C) groups is 1. The zero-order chi connectivity index (χ0) is 14.0. The number of ether oxygens (including phenoxy) is 1. The van der Waals surface area contributed by atoms with Crippen molar-refractivity contribution in [2.24, 2.45) is 10.9 Å². The summed E-state index contributed by atoms with van der Waals surface area (Å²) in [5.41, 5.74) is 0. The highest BCUT2D eigenvalue weighted by atomic mass is 16.5. The lowest BCUT2D eigenvalue weighted by molar-refractivity contribution is 0.129.